The molecule has 1 saturated carbocycles. The summed E-state index contributed by atoms with van der Waals surface area (Å²) >= 11 is 0. The quantitative estimate of drug-likeness (QED) is 0.866. The van der Waals surface area contributed by atoms with Crippen molar-refractivity contribution in [1.82, 2.24) is 0 Å². The molecule has 0 bridgehead atoms. The number of aliphatic hydroxyl groups excluding tert-OH is 1. The fourth-order valence-corrected chi connectivity index (χ4v) is 2.48. The van der Waals surface area contributed by atoms with Crippen LogP contribution in [0.1, 0.15) is 37.4 Å². The minimum atomic E-state index is -4.09. The smallest absolute Gasteiger partial charge is 0.391 e. The first-order valence-corrected chi connectivity index (χ1v) is 5.75. The molecular weight excluding hydrogens is 233 g/mol. The molecule has 1 atom stereocenters. The topological polar surface area (TPSA) is 33.4 Å². The van der Waals surface area contributed by atoms with Crippen LogP contribution < -0.4 is 0 Å². The number of aliphatic hydroxyl groups is 1. The van der Waals surface area contributed by atoms with E-state index < -0.39 is 18.2 Å². The summed E-state index contributed by atoms with van der Waals surface area (Å²) in [5.74, 6) is -1.29. The Balaban J connectivity index is 1.91. The van der Waals surface area contributed by atoms with Crippen LogP contribution in [0.25, 0.3) is 0 Å². The van der Waals surface area contributed by atoms with Gasteiger partial charge in [0.15, 0.2) is 0 Å². The van der Waals surface area contributed by atoms with Gasteiger partial charge in [0, 0.05) is 5.56 Å². The number of alkyl halides is 3. The second-order valence-corrected chi connectivity index (χ2v) is 4.65. The molecule has 0 spiro atoms. The minimum absolute atomic E-state index is 0.0915. The molecule has 1 fully saturated rings. The zero-order valence-electron chi connectivity index (χ0n) is 9.28. The number of furan rings is 1. The highest BCUT2D eigenvalue weighted by Crippen LogP contribution is 2.43. The van der Waals surface area contributed by atoms with E-state index in [0.717, 1.165) is 0 Å². The molecule has 1 aromatic heterocycles. The average molecular weight is 248 g/mol. The molecule has 1 aromatic rings. The van der Waals surface area contributed by atoms with Crippen molar-refractivity contribution in [2.45, 2.75) is 38.0 Å². The highest BCUT2D eigenvalue weighted by molar-refractivity contribution is 5.10. The molecule has 0 aromatic carbocycles. The Morgan fingerprint density at radius 1 is 1.24 bits per heavy atom. The van der Waals surface area contributed by atoms with Gasteiger partial charge in [-0.3, -0.25) is 0 Å². The number of hydrogen-bond donors (Lipinski definition) is 1. The summed E-state index contributed by atoms with van der Waals surface area (Å²) in [7, 11) is 0. The molecule has 1 aliphatic carbocycles. The Bertz CT molecular complexity index is 337. The van der Waals surface area contributed by atoms with Gasteiger partial charge in [-0.2, -0.15) is 13.2 Å². The van der Waals surface area contributed by atoms with Crippen molar-refractivity contribution in [2.75, 3.05) is 0 Å². The normalized spacial score (nSPS) is 28.0. The van der Waals surface area contributed by atoms with Crippen molar-refractivity contribution >= 4 is 0 Å². The SMILES string of the molecule is OC(c1ccoc1)C1CCC(C(F)(F)F)CC1. The Kier molecular flexibility index (Phi) is 3.47. The minimum Gasteiger partial charge on any atom is -0.472 e. The summed E-state index contributed by atoms with van der Waals surface area (Å²) in [6, 6.07) is 1.65. The van der Waals surface area contributed by atoms with E-state index in [1.165, 1.54) is 12.5 Å². The largest absolute Gasteiger partial charge is 0.472 e. The van der Waals surface area contributed by atoms with Crippen LogP contribution in [-0.4, -0.2) is 11.3 Å². The fourth-order valence-electron chi connectivity index (χ4n) is 2.48. The van der Waals surface area contributed by atoms with Crippen LogP contribution >= 0.6 is 0 Å². The van der Waals surface area contributed by atoms with Gasteiger partial charge in [0.1, 0.15) is 0 Å². The van der Waals surface area contributed by atoms with Crippen molar-refractivity contribution in [3.8, 4) is 0 Å². The van der Waals surface area contributed by atoms with Crippen molar-refractivity contribution < 1.29 is 22.7 Å². The van der Waals surface area contributed by atoms with E-state index in [4.69, 9.17) is 4.42 Å². The fraction of sp³-hybridized carbons (Fsp3) is 0.667. The predicted molar refractivity (Wildman–Crippen MR) is 55.2 cm³/mol. The van der Waals surface area contributed by atoms with Crippen LogP contribution in [0.15, 0.2) is 23.0 Å². The predicted octanol–water partition coefficient (Wildman–Crippen LogP) is 3.68. The molecule has 2 rings (SSSR count). The van der Waals surface area contributed by atoms with Crippen LogP contribution in [0.3, 0.4) is 0 Å². The highest BCUT2D eigenvalue weighted by Gasteiger charge is 2.42. The molecule has 5 heteroatoms. The van der Waals surface area contributed by atoms with Crippen molar-refractivity contribution in [1.29, 1.82) is 0 Å². The lowest BCUT2D eigenvalue weighted by atomic mass is 9.78. The second kappa shape index (κ2) is 4.72. The van der Waals surface area contributed by atoms with Gasteiger partial charge in [0.25, 0.3) is 0 Å². The molecule has 2 nitrogen and oxygen atoms in total. The molecular formula is C12H15F3O2. The molecule has 1 aliphatic rings. The van der Waals surface area contributed by atoms with E-state index >= 15 is 0 Å². The molecule has 96 valence electrons. The Labute approximate surface area is 97.4 Å². The first-order valence-electron chi connectivity index (χ1n) is 5.75. The maximum absolute atomic E-state index is 12.5. The summed E-state index contributed by atoms with van der Waals surface area (Å²) in [5, 5.41) is 9.98. The van der Waals surface area contributed by atoms with Gasteiger partial charge in [0.2, 0.25) is 0 Å². The lowest BCUT2D eigenvalue weighted by Gasteiger charge is -2.32. The zero-order valence-corrected chi connectivity index (χ0v) is 9.28. The van der Waals surface area contributed by atoms with Crippen LogP contribution in [0.5, 0.6) is 0 Å². The van der Waals surface area contributed by atoms with Gasteiger partial charge in [-0.05, 0) is 37.7 Å². The Morgan fingerprint density at radius 3 is 2.35 bits per heavy atom. The van der Waals surface area contributed by atoms with Crippen molar-refractivity contribution in [3.63, 3.8) is 0 Å². The molecule has 0 amide bonds. The standard InChI is InChI=1S/C12H15F3O2/c13-12(14,15)10-3-1-8(2-4-10)11(16)9-5-6-17-7-9/h5-8,10-11,16H,1-4H2. The zero-order chi connectivity index (χ0) is 12.5. The van der Waals surface area contributed by atoms with Crippen LogP contribution in [0, 0.1) is 11.8 Å². The van der Waals surface area contributed by atoms with Crippen LogP contribution in [0.4, 0.5) is 13.2 Å². The number of halogens is 3. The lowest BCUT2D eigenvalue weighted by molar-refractivity contribution is -0.185. The first kappa shape index (κ1) is 12.5. The van der Waals surface area contributed by atoms with Crippen molar-refractivity contribution in [3.05, 3.63) is 24.2 Å². The first-order chi connectivity index (χ1) is 7.98. The summed E-state index contributed by atoms with van der Waals surface area (Å²) in [4.78, 5) is 0. The summed E-state index contributed by atoms with van der Waals surface area (Å²) in [6.45, 7) is 0. The van der Waals surface area contributed by atoms with Gasteiger partial charge in [-0.15, -0.1) is 0 Å². The van der Waals surface area contributed by atoms with Crippen LogP contribution in [-0.2, 0) is 0 Å². The third-order valence-corrected chi connectivity index (χ3v) is 3.57. The lowest BCUT2D eigenvalue weighted by Crippen LogP contribution is -2.29. The third kappa shape index (κ3) is 2.83. The molecule has 17 heavy (non-hydrogen) atoms. The number of rotatable bonds is 2. The monoisotopic (exact) mass is 248 g/mol. The third-order valence-electron chi connectivity index (χ3n) is 3.57. The van der Waals surface area contributed by atoms with Crippen LogP contribution in [0.2, 0.25) is 0 Å². The molecule has 1 unspecified atom stereocenters. The molecule has 0 radical (unpaired) electrons. The van der Waals surface area contributed by atoms with E-state index in [-0.39, 0.29) is 18.8 Å². The Morgan fingerprint density at radius 2 is 1.88 bits per heavy atom. The maximum atomic E-state index is 12.5. The van der Waals surface area contributed by atoms with Gasteiger partial charge < -0.3 is 9.52 Å². The molecule has 1 heterocycles. The van der Waals surface area contributed by atoms with E-state index in [1.807, 2.05) is 0 Å². The molecule has 1 N–H and O–H groups in total. The summed E-state index contributed by atoms with van der Waals surface area (Å²) in [6.07, 6.45) is -0.839. The average Bonchev–Trinajstić information content (AvgIpc) is 2.80. The van der Waals surface area contributed by atoms with E-state index in [1.54, 1.807) is 6.07 Å². The van der Waals surface area contributed by atoms with E-state index in [0.29, 0.717) is 18.4 Å². The second-order valence-electron chi connectivity index (χ2n) is 4.65. The van der Waals surface area contributed by atoms with Gasteiger partial charge in [-0.1, -0.05) is 0 Å². The number of hydrogen-bond acceptors (Lipinski definition) is 2. The van der Waals surface area contributed by atoms with Gasteiger partial charge >= 0.3 is 6.18 Å². The van der Waals surface area contributed by atoms with Gasteiger partial charge in [0.05, 0.1) is 24.5 Å². The van der Waals surface area contributed by atoms with Crippen molar-refractivity contribution in [2.24, 2.45) is 11.8 Å². The maximum Gasteiger partial charge on any atom is 0.391 e. The van der Waals surface area contributed by atoms with Gasteiger partial charge in [-0.25, -0.2) is 0 Å². The van der Waals surface area contributed by atoms with E-state index in [9.17, 15) is 18.3 Å². The summed E-state index contributed by atoms with van der Waals surface area (Å²) in [5.41, 5.74) is 0.653. The summed E-state index contributed by atoms with van der Waals surface area (Å²) < 4.78 is 42.3. The highest BCUT2D eigenvalue weighted by atomic mass is 19.4. The molecule has 0 saturated heterocycles. The Hall–Kier alpha value is -0.970. The molecule has 0 aliphatic heterocycles. The van der Waals surface area contributed by atoms with E-state index in [2.05, 4.69) is 0 Å².